The molecule has 2 aromatic carbocycles. The van der Waals surface area contributed by atoms with Crippen LogP contribution < -0.4 is 5.32 Å². The van der Waals surface area contributed by atoms with E-state index in [9.17, 15) is 21.6 Å². The van der Waals surface area contributed by atoms with Gasteiger partial charge in [-0.1, -0.05) is 48.5 Å². The minimum atomic E-state index is -3.78. The molecule has 2 aromatic rings. The van der Waals surface area contributed by atoms with E-state index in [1.807, 2.05) is 6.07 Å². The number of sulfonamides is 2. The highest BCUT2D eigenvalue weighted by Crippen LogP contribution is 2.17. The summed E-state index contributed by atoms with van der Waals surface area (Å²) in [6, 6.07) is 16.9. The summed E-state index contributed by atoms with van der Waals surface area (Å²) in [6.07, 6.45) is 0.344. The fourth-order valence-corrected chi connectivity index (χ4v) is 6.49. The van der Waals surface area contributed by atoms with Crippen LogP contribution in [0.2, 0.25) is 0 Å². The average Bonchev–Trinajstić information content (AvgIpc) is 2.79. The maximum Gasteiger partial charge on any atom is 0.243 e. The monoisotopic (exact) mass is 465 g/mol. The summed E-state index contributed by atoms with van der Waals surface area (Å²) >= 11 is 0. The van der Waals surface area contributed by atoms with E-state index >= 15 is 0 Å². The van der Waals surface area contributed by atoms with Gasteiger partial charge in [-0.15, -0.1) is 0 Å². The molecule has 1 N–H and O–H groups in total. The summed E-state index contributed by atoms with van der Waals surface area (Å²) in [6.45, 7) is 0.665. The Kier molecular flexibility index (Phi) is 7.82. The SMILES string of the molecule is O=C1CCN(S(=O)(=O)c2ccccc2)CCCN(S(=O)(=O)Cc2ccccc2)CCN1. The maximum absolute atomic E-state index is 13.0. The zero-order valence-electron chi connectivity index (χ0n) is 17.2. The number of carbonyl (C=O) groups is 1. The Morgan fingerprint density at radius 2 is 1.39 bits per heavy atom. The molecule has 1 aliphatic rings. The first-order valence-electron chi connectivity index (χ1n) is 10.1. The molecule has 1 saturated heterocycles. The molecule has 0 unspecified atom stereocenters. The molecule has 0 aliphatic carbocycles. The van der Waals surface area contributed by atoms with Gasteiger partial charge in [-0.25, -0.2) is 16.8 Å². The Bertz CT molecular complexity index is 1070. The van der Waals surface area contributed by atoms with Gasteiger partial charge in [-0.2, -0.15) is 8.61 Å². The van der Waals surface area contributed by atoms with E-state index in [0.29, 0.717) is 12.0 Å². The largest absolute Gasteiger partial charge is 0.355 e. The highest BCUT2D eigenvalue weighted by atomic mass is 32.2. The molecule has 1 fully saturated rings. The molecule has 1 heterocycles. The van der Waals surface area contributed by atoms with Gasteiger partial charge in [-0.05, 0) is 24.1 Å². The van der Waals surface area contributed by atoms with Crippen LogP contribution in [0, 0.1) is 0 Å². The summed E-state index contributed by atoms with van der Waals surface area (Å²) in [5.74, 6) is -0.455. The van der Waals surface area contributed by atoms with Crippen LogP contribution in [0.5, 0.6) is 0 Å². The highest BCUT2D eigenvalue weighted by Gasteiger charge is 2.27. The molecule has 0 spiro atoms. The lowest BCUT2D eigenvalue weighted by atomic mass is 10.2. The Labute approximate surface area is 184 Å². The van der Waals surface area contributed by atoms with Gasteiger partial charge in [0.2, 0.25) is 26.0 Å². The first kappa shape index (κ1) is 23.4. The van der Waals surface area contributed by atoms with Crippen LogP contribution >= 0.6 is 0 Å². The van der Waals surface area contributed by atoms with E-state index in [2.05, 4.69) is 5.32 Å². The van der Waals surface area contributed by atoms with Gasteiger partial charge in [0.25, 0.3) is 0 Å². The summed E-state index contributed by atoms with van der Waals surface area (Å²) in [4.78, 5) is 12.3. The van der Waals surface area contributed by atoms with Gasteiger partial charge in [0.05, 0.1) is 10.6 Å². The van der Waals surface area contributed by atoms with Crippen molar-refractivity contribution in [3.05, 3.63) is 66.2 Å². The molecule has 0 radical (unpaired) electrons. The third kappa shape index (κ3) is 6.36. The van der Waals surface area contributed by atoms with Crippen LogP contribution in [0.25, 0.3) is 0 Å². The molecule has 0 bridgehead atoms. The highest BCUT2D eigenvalue weighted by molar-refractivity contribution is 7.89. The number of benzene rings is 2. The minimum Gasteiger partial charge on any atom is -0.355 e. The number of hydrogen-bond acceptors (Lipinski definition) is 5. The van der Waals surface area contributed by atoms with Crippen LogP contribution in [-0.4, -0.2) is 64.1 Å². The number of carbonyl (C=O) groups excluding carboxylic acids is 1. The number of nitrogens with one attached hydrogen (secondary N) is 1. The predicted octanol–water partition coefficient (Wildman–Crippen LogP) is 1.42. The lowest BCUT2D eigenvalue weighted by molar-refractivity contribution is -0.121. The van der Waals surface area contributed by atoms with Gasteiger partial charge in [0, 0.05) is 39.1 Å². The molecule has 8 nitrogen and oxygen atoms in total. The number of hydrogen-bond donors (Lipinski definition) is 1. The smallest absolute Gasteiger partial charge is 0.243 e. The van der Waals surface area contributed by atoms with E-state index < -0.39 is 20.0 Å². The normalized spacial score (nSPS) is 18.1. The lowest BCUT2D eigenvalue weighted by Crippen LogP contribution is -2.39. The molecule has 10 heteroatoms. The van der Waals surface area contributed by atoms with Crippen molar-refractivity contribution in [2.24, 2.45) is 0 Å². The second-order valence-corrected chi connectivity index (χ2v) is 11.2. The Morgan fingerprint density at radius 3 is 2.06 bits per heavy atom. The van der Waals surface area contributed by atoms with E-state index in [4.69, 9.17) is 0 Å². The van der Waals surface area contributed by atoms with Gasteiger partial charge in [-0.3, -0.25) is 4.79 Å². The van der Waals surface area contributed by atoms with E-state index in [-0.39, 0.29) is 55.7 Å². The van der Waals surface area contributed by atoms with E-state index in [1.165, 1.54) is 20.7 Å². The molecule has 0 atom stereocenters. The zero-order valence-corrected chi connectivity index (χ0v) is 18.8. The molecule has 1 aliphatic heterocycles. The summed E-state index contributed by atoms with van der Waals surface area (Å²) < 4.78 is 54.6. The third-order valence-corrected chi connectivity index (χ3v) is 8.82. The fraction of sp³-hybridized carbons (Fsp3) is 0.381. The summed E-state index contributed by atoms with van der Waals surface area (Å²) in [5.41, 5.74) is 0.675. The lowest BCUT2D eigenvalue weighted by Gasteiger charge is -2.24. The minimum absolute atomic E-state index is 0.0167. The van der Waals surface area contributed by atoms with Crippen LogP contribution in [0.4, 0.5) is 0 Å². The van der Waals surface area contributed by atoms with Crippen molar-refractivity contribution < 1.29 is 21.6 Å². The van der Waals surface area contributed by atoms with Crippen molar-refractivity contribution in [1.29, 1.82) is 0 Å². The average molecular weight is 466 g/mol. The second kappa shape index (κ2) is 10.4. The van der Waals surface area contributed by atoms with Gasteiger partial charge in [0.15, 0.2) is 0 Å². The van der Waals surface area contributed by atoms with Crippen LogP contribution in [0.3, 0.4) is 0 Å². The quantitative estimate of drug-likeness (QED) is 0.719. The van der Waals surface area contributed by atoms with Crippen molar-refractivity contribution in [2.45, 2.75) is 23.5 Å². The third-order valence-electron chi connectivity index (χ3n) is 5.05. The molecule has 0 saturated carbocycles. The van der Waals surface area contributed by atoms with Crippen LogP contribution in [-0.2, 0) is 30.6 Å². The molecule has 3 rings (SSSR count). The molecular weight excluding hydrogens is 438 g/mol. The summed E-state index contributed by atoms with van der Waals surface area (Å²) in [7, 11) is -7.41. The van der Waals surface area contributed by atoms with Crippen molar-refractivity contribution in [1.82, 2.24) is 13.9 Å². The molecule has 0 aromatic heterocycles. The van der Waals surface area contributed by atoms with Gasteiger partial charge >= 0.3 is 0 Å². The van der Waals surface area contributed by atoms with Gasteiger partial charge < -0.3 is 5.32 Å². The molecule has 1 amide bonds. The Morgan fingerprint density at radius 1 is 0.774 bits per heavy atom. The van der Waals surface area contributed by atoms with Crippen LogP contribution in [0.1, 0.15) is 18.4 Å². The first-order valence-corrected chi connectivity index (χ1v) is 13.2. The standard InChI is InChI=1S/C21H27N3O5S2/c25-21-12-16-24(31(28,29)20-10-5-2-6-11-20)15-7-14-23(17-13-22-21)30(26,27)18-19-8-3-1-4-9-19/h1-6,8-11H,7,12-18H2,(H,22,25). The first-order chi connectivity index (χ1) is 14.8. The fourth-order valence-electron chi connectivity index (χ4n) is 3.42. The van der Waals surface area contributed by atoms with Crippen molar-refractivity contribution in [3.63, 3.8) is 0 Å². The molecule has 168 valence electrons. The molecule has 31 heavy (non-hydrogen) atoms. The topological polar surface area (TPSA) is 104 Å². The van der Waals surface area contributed by atoms with Crippen LogP contribution in [0.15, 0.2) is 65.6 Å². The Balaban J connectivity index is 1.77. The maximum atomic E-state index is 13.0. The Hall–Kier alpha value is -2.27. The van der Waals surface area contributed by atoms with Crippen molar-refractivity contribution in [3.8, 4) is 0 Å². The zero-order chi connectivity index (χ0) is 22.3. The number of amides is 1. The van der Waals surface area contributed by atoms with E-state index in [1.54, 1.807) is 42.5 Å². The van der Waals surface area contributed by atoms with Crippen molar-refractivity contribution in [2.75, 3.05) is 32.7 Å². The summed E-state index contributed by atoms with van der Waals surface area (Å²) in [5, 5.41) is 2.69. The second-order valence-electron chi connectivity index (χ2n) is 7.31. The molecular formula is C21H27N3O5S2. The number of nitrogens with zero attached hydrogens (tertiary/aromatic N) is 2. The van der Waals surface area contributed by atoms with Gasteiger partial charge in [0.1, 0.15) is 0 Å². The number of rotatable bonds is 5. The predicted molar refractivity (Wildman–Crippen MR) is 118 cm³/mol. The van der Waals surface area contributed by atoms with E-state index in [0.717, 1.165) is 0 Å². The van der Waals surface area contributed by atoms with Crippen molar-refractivity contribution >= 4 is 26.0 Å².